The molecule has 2 aromatic rings. The number of nitrogen functional groups attached to an aromatic ring is 1. The number of rotatable bonds is 4. The Labute approximate surface area is 98.9 Å². The summed E-state index contributed by atoms with van der Waals surface area (Å²) in [4.78, 5) is 14.8. The van der Waals surface area contributed by atoms with Crippen molar-refractivity contribution < 1.29 is 9.53 Å². The number of H-pyrrole nitrogens is 1. The Bertz CT molecular complexity index is 534. The van der Waals surface area contributed by atoms with Crippen LogP contribution in [0.5, 0.6) is 0 Å². The van der Waals surface area contributed by atoms with Gasteiger partial charge in [-0.25, -0.2) is 0 Å². The normalized spacial score (nSPS) is 10.6. The number of nitrogens with one attached hydrogen (secondary N) is 2. The predicted molar refractivity (Wildman–Crippen MR) is 66.9 cm³/mol. The van der Waals surface area contributed by atoms with E-state index in [1.54, 1.807) is 19.2 Å². The van der Waals surface area contributed by atoms with Crippen LogP contribution in [-0.4, -0.2) is 31.2 Å². The molecule has 0 aliphatic rings. The van der Waals surface area contributed by atoms with E-state index in [0.29, 0.717) is 24.5 Å². The highest BCUT2D eigenvalue weighted by Gasteiger charge is 2.08. The number of aromatic amines is 1. The van der Waals surface area contributed by atoms with Crippen molar-refractivity contribution in [3.63, 3.8) is 0 Å². The first-order chi connectivity index (χ1) is 8.20. The maximum atomic E-state index is 11.7. The van der Waals surface area contributed by atoms with Crippen molar-refractivity contribution in [3.05, 3.63) is 30.0 Å². The standard InChI is InChI=1S/C12H15N3O2/c1-17-5-4-14-12(16)11-7-8-6-9(13)2-3-10(8)15-11/h2-3,6-7,15H,4-5,13H2,1H3,(H,14,16). The fourth-order valence-corrected chi connectivity index (χ4v) is 1.64. The molecule has 0 spiro atoms. The molecule has 1 amide bonds. The fraction of sp³-hybridized carbons (Fsp3) is 0.250. The Morgan fingerprint density at radius 1 is 1.47 bits per heavy atom. The van der Waals surface area contributed by atoms with Gasteiger partial charge in [-0.2, -0.15) is 0 Å². The molecule has 0 fully saturated rings. The van der Waals surface area contributed by atoms with Crippen molar-refractivity contribution in [2.75, 3.05) is 26.0 Å². The van der Waals surface area contributed by atoms with Gasteiger partial charge in [0.15, 0.2) is 0 Å². The number of carbonyl (C=O) groups is 1. The van der Waals surface area contributed by atoms with Gasteiger partial charge in [-0.05, 0) is 24.3 Å². The number of fused-ring (bicyclic) bond motifs is 1. The second-order valence-corrected chi connectivity index (χ2v) is 3.78. The molecule has 0 bridgehead atoms. The lowest BCUT2D eigenvalue weighted by Gasteiger charge is -2.01. The average molecular weight is 233 g/mol. The second-order valence-electron chi connectivity index (χ2n) is 3.78. The number of carbonyl (C=O) groups excluding carboxylic acids is 1. The Kier molecular flexibility index (Phi) is 3.30. The number of amides is 1. The van der Waals surface area contributed by atoms with Crippen molar-refractivity contribution >= 4 is 22.5 Å². The topological polar surface area (TPSA) is 80.1 Å². The van der Waals surface area contributed by atoms with E-state index in [4.69, 9.17) is 10.5 Å². The van der Waals surface area contributed by atoms with Crippen LogP contribution in [0.3, 0.4) is 0 Å². The summed E-state index contributed by atoms with van der Waals surface area (Å²) in [6.45, 7) is 0.992. The van der Waals surface area contributed by atoms with Gasteiger partial charge in [0.2, 0.25) is 0 Å². The summed E-state index contributed by atoms with van der Waals surface area (Å²) < 4.78 is 4.86. The van der Waals surface area contributed by atoms with Crippen LogP contribution in [-0.2, 0) is 4.74 Å². The van der Waals surface area contributed by atoms with Gasteiger partial charge in [0.05, 0.1) is 6.61 Å². The lowest BCUT2D eigenvalue weighted by Crippen LogP contribution is -2.27. The minimum Gasteiger partial charge on any atom is -0.399 e. The van der Waals surface area contributed by atoms with Crippen molar-refractivity contribution in [2.24, 2.45) is 0 Å². The summed E-state index contributed by atoms with van der Waals surface area (Å²) >= 11 is 0. The number of methoxy groups -OCH3 is 1. The van der Waals surface area contributed by atoms with Gasteiger partial charge < -0.3 is 20.8 Å². The third kappa shape index (κ3) is 2.57. The molecular formula is C12H15N3O2. The maximum Gasteiger partial charge on any atom is 0.267 e. The van der Waals surface area contributed by atoms with Crippen LogP contribution >= 0.6 is 0 Å². The van der Waals surface area contributed by atoms with E-state index < -0.39 is 0 Å². The first-order valence-corrected chi connectivity index (χ1v) is 5.36. The minimum atomic E-state index is -0.142. The lowest BCUT2D eigenvalue weighted by atomic mass is 10.2. The SMILES string of the molecule is COCCNC(=O)c1cc2cc(N)ccc2[nH]1. The van der Waals surface area contributed by atoms with Crippen LogP contribution in [0.15, 0.2) is 24.3 Å². The van der Waals surface area contributed by atoms with Gasteiger partial charge in [0.1, 0.15) is 5.69 Å². The molecule has 0 atom stereocenters. The number of hydrogen-bond acceptors (Lipinski definition) is 3. The van der Waals surface area contributed by atoms with Gasteiger partial charge >= 0.3 is 0 Å². The molecule has 0 saturated carbocycles. The number of aromatic nitrogens is 1. The van der Waals surface area contributed by atoms with E-state index in [1.165, 1.54) is 0 Å². The van der Waals surface area contributed by atoms with Gasteiger partial charge in [-0.3, -0.25) is 4.79 Å². The van der Waals surface area contributed by atoms with Gasteiger partial charge in [0, 0.05) is 30.2 Å². The van der Waals surface area contributed by atoms with E-state index in [2.05, 4.69) is 10.3 Å². The molecule has 5 heteroatoms. The van der Waals surface area contributed by atoms with Crippen LogP contribution in [0, 0.1) is 0 Å². The molecule has 0 saturated heterocycles. The summed E-state index contributed by atoms with van der Waals surface area (Å²) in [6.07, 6.45) is 0. The van der Waals surface area contributed by atoms with Crippen molar-refractivity contribution in [1.82, 2.24) is 10.3 Å². The highest BCUT2D eigenvalue weighted by molar-refractivity contribution is 5.98. The minimum absolute atomic E-state index is 0.142. The Hall–Kier alpha value is -2.01. The van der Waals surface area contributed by atoms with Crippen LogP contribution < -0.4 is 11.1 Å². The zero-order valence-electron chi connectivity index (χ0n) is 9.62. The van der Waals surface area contributed by atoms with Crippen molar-refractivity contribution in [1.29, 1.82) is 0 Å². The smallest absolute Gasteiger partial charge is 0.267 e. The van der Waals surface area contributed by atoms with Crippen LogP contribution in [0.1, 0.15) is 10.5 Å². The molecule has 0 radical (unpaired) electrons. The molecule has 0 aliphatic heterocycles. The first kappa shape index (κ1) is 11.5. The van der Waals surface area contributed by atoms with Crippen LogP contribution in [0.25, 0.3) is 10.9 Å². The van der Waals surface area contributed by atoms with E-state index in [-0.39, 0.29) is 5.91 Å². The second kappa shape index (κ2) is 4.88. The summed E-state index contributed by atoms with van der Waals surface area (Å²) in [5.41, 5.74) is 7.79. The van der Waals surface area contributed by atoms with Gasteiger partial charge in [-0.15, -0.1) is 0 Å². The molecule has 0 unspecified atom stereocenters. The summed E-state index contributed by atoms with van der Waals surface area (Å²) in [5.74, 6) is -0.142. The third-order valence-corrected chi connectivity index (χ3v) is 2.48. The molecule has 90 valence electrons. The quantitative estimate of drug-likeness (QED) is 0.547. The summed E-state index contributed by atoms with van der Waals surface area (Å²) in [6, 6.07) is 7.27. The summed E-state index contributed by atoms with van der Waals surface area (Å²) in [7, 11) is 1.60. The molecule has 4 N–H and O–H groups in total. The third-order valence-electron chi connectivity index (χ3n) is 2.48. The number of nitrogens with two attached hydrogens (primary N) is 1. The van der Waals surface area contributed by atoms with E-state index in [9.17, 15) is 4.79 Å². The van der Waals surface area contributed by atoms with E-state index >= 15 is 0 Å². The molecule has 5 nitrogen and oxygen atoms in total. The summed E-state index contributed by atoms with van der Waals surface area (Å²) in [5, 5.41) is 3.68. The highest BCUT2D eigenvalue weighted by Crippen LogP contribution is 2.18. The van der Waals surface area contributed by atoms with Crippen molar-refractivity contribution in [3.8, 4) is 0 Å². The largest absolute Gasteiger partial charge is 0.399 e. The Morgan fingerprint density at radius 3 is 3.06 bits per heavy atom. The fourth-order valence-electron chi connectivity index (χ4n) is 1.64. The van der Waals surface area contributed by atoms with Crippen LogP contribution in [0.2, 0.25) is 0 Å². The predicted octanol–water partition coefficient (Wildman–Crippen LogP) is 1.13. The molecular weight excluding hydrogens is 218 g/mol. The van der Waals surface area contributed by atoms with Gasteiger partial charge in [0.25, 0.3) is 5.91 Å². The zero-order chi connectivity index (χ0) is 12.3. The highest BCUT2D eigenvalue weighted by atomic mass is 16.5. The number of hydrogen-bond donors (Lipinski definition) is 3. The van der Waals surface area contributed by atoms with Crippen molar-refractivity contribution in [2.45, 2.75) is 0 Å². The maximum absolute atomic E-state index is 11.7. The molecule has 1 aromatic carbocycles. The molecule has 17 heavy (non-hydrogen) atoms. The average Bonchev–Trinajstić information content (AvgIpc) is 2.72. The molecule has 1 aromatic heterocycles. The molecule has 0 aliphatic carbocycles. The lowest BCUT2D eigenvalue weighted by molar-refractivity contribution is 0.0933. The molecule has 1 heterocycles. The van der Waals surface area contributed by atoms with Crippen LogP contribution in [0.4, 0.5) is 5.69 Å². The Morgan fingerprint density at radius 2 is 2.29 bits per heavy atom. The number of ether oxygens (including phenoxy) is 1. The zero-order valence-corrected chi connectivity index (χ0v) is 9.62. The van der Waals surface area contributed by atoms with Gasteiger partial charge in [-0.1, -0.05) is 0 Å². The number of benzene rings is 1. The van der Waals surface area contributed by atoms with E-state index in [0.717, 1.165) is 10.9 Å². The molecule has 2 rings (SSSR count). The number of anilines is 1. The first-order valence-electron chi connectivity index (χ1n) is 5.36. The van der Waals surface area contributed by atoms with E-state index in [1.807, 2.05) is 12.1 Å². The Balaban J connectivity index is 2.15. The monoisotopic (exact) mass is 233 g/mol.